The van der Waals surface area contributed by atoms with Gasteiger partial charge in [0, 0.05) is 49.4 Å². The molecule has 0 radical (unpaired) electrons. The molecule has 7 heteroatoms. The van der Waals surface area contributed by atoms with E-state index < -0.39 is 0 Å². The van der Waals surface area contributed by atoms with Crippen LogP contribution in [0.5, 0.6) is 0 Å². The molecule has 0 aromatic heterocycles. The topological polar surface area (TPSA) is 132 Å². The molecule has 0 aliphatic rings. The summed E-state index contributed by atoms with van der Waals surface area (Å²) >= 11 is 0. The summed E-state index contributed by atoms with van der Waals surface area (Å²) in [5.41, 5.74) is 21.0. The highest BCUT2D eigenvalue weighted by Gasteiger charge is 2.16. The molecule has 0 saturated heterocycles. The van der Waals surface area contributed by atoms with Crippen LogP contribution < -0.4 is 28.1 Å². The van der Waals surface area contributed by atoms with E-state index in [1.54, 1.807) is 19.5 Å². The predicted octanol–water partition coefficient (Wildman–Crippen LogP) is 2.75. The second-order valence-electron chi connectivity index (χ2n) is 7.25. The summed E-state index contributed by atoms with van der Waals surface area (Å²) in [5, 5.41) is 3.59. The summed E-state index contributed by atoms with van der Waals surface area (Å²) in [7, 11) is 1.71. The zero-order valence-corrected chi connectivity index (χ0v) is 18.1. The molecule has 0 aliphatic carbocycles. The minimum Gasteiger partial charge on any atom is -0.404 e. The van der Waals surface area contributed by atoms with Gasteiger partial charge < -0.3 is 21.6 Å². The molecule has 8 N–H and O–H groups in total. The molecular weight excluding hydrogens is 388 g/mol. The van der Waals surface area contributed by atoms with Crippen molar-refractivity contribution in [3.8, 4) is 0 Å². The van der Waals surface area contributed by atoms with Gasteiger partial charge in [-0.15, -0.1) is 0 Å². The Morgan fingerprint density at radius 2 is 2.03 bits per heavy atom. The highest BCUT2D eigenvalue weighted by atomic mass is 16.1. The van der Waals surface area contributed by atoms with E-state index in [9.17, 15) is 4.79 Å². The van der Waals surface area contributed by atoms with Gasteiger partial charge in [-0.2, -0.15) is 0 Å². The first-order valence-electron chi connectivity index (χ1n) is 10.2. The van der Waals surface area contributed by atoms with Crippen molar-refractivity contribution < 1.29 is 4.79 Å². The maximum Gasteiger partial charge on any atom is 0.124 e. The molecule has 0 fully saturated rings. The number of aldehydes is 1. The number of nitrogens with zero attached hydrogens (tertiary/aromatic N) is 1. The minimum atomic E-state index is -0.0642. The van der Waals surface area contributed by atoms with Crippen LogP contribution in [0.1, 0.15) is 41.6 Å². The largest absolute Gasteiger partial charge is 0.404 e. The van der Waals surface area contributed by atoms with Crippen LogP contribution in [0, 0.1) is 0 Å². The molecule has 1 unspecified atom stereocenters. The molecule has 164 valence electrons. The third kappa shape index (κ3) is 7.09. The highest BCUT2D eigenvalue weighted by Crippen LogP contribution is 2.30. The molecule has 0 heterocycles. The number of hydrogen-bond donors (Lipinski definition) is 5. The Morgan fingerprint density at radius 1 is 1.23 bits per heavy atom. The SMILES string of the molecule is CN=CC(=CN)c1ccc(/C=C(\C)N)c(C(CCNN)Nc2cccc(CC=O)c2)c1. The van der Waals surface area contributed by atoms with Crippen molar-refractivity contribution in [2.24, 2.45) is 22.3 Å². The van der Waals surface area contributed by atoms with Gasteiger partial charge in [-0.25, -0.2) is 0 Å². The number of nitrogens with one attached hydrogen (secondary N) is 2. The van der Waals surface area contributed by atoms with Crippen molar-refractivity contribution in [3.05, 3.63) is 76.6 Å². The van der Waals surface area contributed by atoms with E-state index in [1.807, 2.05) is 49.4 Å². The molecule has 0 spiro atoms. The molecular formula is C24H32N6O. The standard InChI is InChI=1S/C24H32N6O/c1-17(26)12-20-7-6-19(21(15-25)16-28-2)14-23(20)24(8-10-29-27)30-22-5-3-4-18(13-22)9-11-31/h3-7,11-16,24,29-30H,8-10,25-27H2,1-2H3/b17-12+,21-15?,28-16?. The number of hydrogen-bond acceptors (Lipinski definition) is 7. The van der Waals surface area contributed by atoms with Gasteiger partial charge in [0.2, 0.25) is 0 Å². The Kier molecular flexibility index (Phi) is 9.48. The molecule has 2 aromatic carbocycles. The average molecular weight is 421 g/mol. The lowest BCUT2D eigenvalue weighted by atomic mass is 9.92. The van der Waals surface area contributed by atoms with Crippen LogP contribution in [0.4, 0.5) is 5.69 Å². The molecule has 0 saturated carbocycles. The Morgan fingerprint density at radius 3 is 2.68 bits per heavy atom. The predicted molar refractivity (Wildman–Crippen MR) is 130 cm³/mol. The zero-order chi connectivity index (χ0) is 22.6. The molecule has 0 amide bonds. The molecule has 2 aromatic rings. The summed E-state index contributed by atoms with van der Waals surface area (Å²) in [6.07, 6.45) is 7.24. The van der Waals surface area contributed by atoms with Gasteiger partial charge in [-0.1, -0.05) is 24.3 Å². The van der Waals surface area contributed by atoms with E-state index in [-0.39, 0.29) is 6.04 Å². The third-order valence-corrected chi connectivity index (χ3v) is 4.79. The number of allylic oxidation sites excluding steroid dienone is 2. The lowest BCUT2D eigenvalue weighted by Gasteiger charge is -2.24. The molecule has 0 aliphatic heterocycles. The molecule has 0 bridgehead atoms. The maximum atomic E-state index is 10.9. The van der Waals surface area contributed by atoms with E-state index in [0.29, 0.717) is 18.7 Å². The number of anilines is 1. The van der Waals surface area contributed by atoms with Crippen molar-refractivity contribution in [2.75, 3.05) is 18.9 Å². The number of benzene rings is 2. The summed E-state index contributed by atoms with van der Waals surface area (Å²) in [6, 6.07) is 13.9. The summed E-state index contributed by atoms with van der Waals surface area (Å²) < 4.78 is 0. The minimum absolute atomic E-state index is 0.0642. The van der Waals surface area contributed by atoms with Crippen molar-refractivity contribution in [1.29, 1.82) is 0 Å². The second kappa shape index (κ2) is 12.3. The molecule has 7 nitrogen and oxygen atoms in total. The van der Waals surface area contributed by atoms with Crippen LogP contribution in [0.3, 0.4) is 0 Å². The van der Waals surface area contributed by atoms with E-state index in [2.05, 4.69) is 21.8 Å². The van der Waals surface area contributed by atoms with Crippen LogP contribution in [-0.2, 0) is 11.2 Å². The van der Waals surface area contributed by atoms with Gasteiger partial charge in [0.15, 0.2) is 0 Å². The zero-order valence-electron chi connectivity index (χ0n) is 18.1. The van der Waals surface area contributed by atoms with E-state index in [0.717, 1.165) is 46.2 Å². The molecule has 31 heavy (non-hydrogen) atoms. The van der Waals surface area contributed by atoms with Gasteiger partial charge in [0.25, 0.3) is 0 Å². The first-order chi connectivity index (χ1) is 15.0. The fourth-order valence-electron chi connectivity index (χ4n) is 3.40. The third-order valence-electron chi connectivity index (χ3n) is 4.79. The first kappa shape index (κ1) is 23.9. The first-order valence-corrected chi connectivity index (χ1v) is 10.2. The fourth-order valence-corrected chi connectivity index (χ4v) is 3.40. The highest BCUT2D eigenvalue weighted by molar-refractivity contribution is 6.09. The van der Waals surface area contributed by atoms with Gasteiger partial charge in [-0.3, -0.25) is 16.3 Å². The Balaban J connectivity index is 2.55. The van der Waals surface area contributed by atoms with Gasteiger partial charge in [0.05, 0.1) is 6.04 Å². The van der Waals surface area contributed by atoms with Crippen LogP contribution in [0.15, 0.2) is 59.4 Å². The fraction of sp³-hybridized carbons (Fsp3) is 0.250. The summed E-state index contributed by atoms with van der Waals surface area (Å²) in [4.78, 5) is 15.0. The quantitative estimate of drug-likeness (QED) is 0.164. The average Bonchev–Trinajstić information content (AvgIpc) is 2.75. The van der Waals surface area contributed by atoms with Crippen LogP contribution >= 0.6 is 0 Å². The van der Waals surface area contributed by atoms with Crippen LogP contribution in [0.2, 0.25) is 0 Å². The monoisotopic (exact) mass is 420 g/mol. The number of carbonyl (C=O) groups excluding carboxylic acids is 1. The van der Waals surface area contributed by atoms with Gasteiger partial charge in [-0.05, 0) is 59.9 Å². The number of carbonyl (C=O) groups is 1. The van der Waals surface area contributed by atoms with E-state index in [4.69, 9.17) is 17.3 Å². The van der Waals surface area contributed by atoms with Crippen LogP contribution in [0.25, 0.3) is 11.6 Å². The van der Waals surface area contributed by atoms with E-state index in [1.165, 1.54) is 0 Å². The number of hydrazine groups is 1. The van der Waals surface area contributed by atoms with Crippen molar-refractivity contribution in [2.45, 2.75) is 25.8 Å². The summed E-state index contributed by atoms with van der Waals surface area (Å²) in [5.74, 6) is 5.58. The Bertz CT molecular complexity index is 960. The Labute approximate surface area is 184 Å². The Hall–Kier alpha value is -3.42. The number of aliphatic imine (C=N–C) groups is 1. The van der Waals surface area contributed by atoms with Gasteiger partial charge in [0.1, 0.15) is 6.29 Å². The van der Waals surface area contributed by atoms with Crippen molar-refractivity contribution >= 4 is 29.8 Å². The normalized spacial score (nSPS) is 13.4. The number of rotatable bonds is 11. The smallest absolute Gasteiger partial charge is 0.124 e. The summed E-state index contributed by atoms with van der Waals surface area (Å²) in [6.45, 7) is 2.47. The van der Waals surface area contributed by atoms with Gasteiger partial charge >= 0.3 is 0 Å². The lowest BCUT2D eigenvalue weighted by molar-refractivity contribution is -0.107. The lowest BCUT2D eigenvalue weighted by Crippen LogP contribution is -2.26. The van der Waals surface area contributed by atoms with Crippen molar-refractivity contribution in [3.63, 3.8) is 0 Å². The van der Waals surface area contributed by atoms with Crippen LogP contribution in [-0.4, -0.2) is 26.1 Å². The second-order valence-corrected chi connectivity index (χ2v) is 7.25. The maximum absolute atomic E-state index is 10.9. The molecule has 1 atom stereocenters. The van der Waals surface area contributed by atoms with E-state index >= 15 is 0 Å². The molecule has 2 rings (SSSR count). The number of nitrogens with two attached hydrogens (primary N) is 3. The van der Waals surface area contributed by atoms with Crippen molar-refractivity contribution in [1.82, 2.24) is 5.43 Å².